The normalized spacial score (nSPS) is 19.1. The van der Waals surface area contributed by atoms with Gasteiger partial charge in [0.05, 0.1) is 30.9 Å². The Morgan fingerprint density at radius 1 is 1.50 bits per heavy atom. The molecule has 1 saturated heterocycles. The fourth-order valence-corrected chi connectivity index (χ4v) is 2.17. The summed E-state index contributed by atoms with van der Waals surface area (Å²) in [6.07, 6.45) is 0.241. The predicted molar refractivity (Wildman–Crippen MR) is 71.3 cm³/mol. The number of ether oxygens (including phenoxy) is 2. The summed E-state index contributed by atoms with van der Waals surface area (Å²) in [4.78, 5) is 0. The van der Waals surface area contributed by atoms with E-state index in [0.29, 0.717) is 23.8 Å². The highest BCUT2D eigenvalue weighted by Crippen LogP contribution is 2.31. The summed E-state index contributed by atoms with van der Waals surface area (Å²) < 4.78 is 10.9. The lowest BCUT2D eigenvalue weighted by molar-refractivity contribution is -0.120. The van der Waals surface area contributed by atoms with Crippen LogP contribution in [0.1, 0.15) is 19.4 Å². The van der Waals surface area contributed by atoms with Gasteiger partial charge >= 0.3 is 0 Å². The molecular formula is C14H19ClO3. The van der Waals surface area contributed by atoms with Gasteiger partial charge in [-0.25, -0.2) is 0 Å². The summed E-state index contributed by atoms with van der Waals surface area (Å²) in [5, 5.41) is 9.92. The summed E-state index contributed by atoms with van der Waals surface area (Å²) in [5.41, 5.74) is 1.13. The maximum absolute atomic E-state index is 9.33. The Morgan fingerprint density at radius 3 is 2.72 bits per heavy atom. The zero-order valence-corrected chi connectivity index (χ0v) is 11.5. The first kappa shape index (κ1) is 13.7. The molecule has 3 nitrogen and oxygen atoms in total. The Morgan fingerprint density at radius 2 is 2.22 bits per heavy atom. The number of aliphatic hydroxyl groups excluding tert-OH is 1. The van der Waals surface area contributed by atoms with Crippen molar-refractivity contribution in [3.63, 3.8) is 0 Å². The molecule has 1 aromatic rings. The van der Waals surface area contributed by atoms with Gasteiger partial charge in [-0.05, 0) is 31.0 Å². The Hall–Kier alpha value is -0.770. The molecular weight excluding hydrogens is 252 g/mol. The van der Waals surface area contributed by atoms with E-state index in [1.54, 1.807) is 6.92 Å². The lowest BCUT2D eigenvalue weighted by atomic mass is 9.90. The molecule has 18 heavy (non-hydrogen) atoms. The molecule has 0 aliphatic carbocycles. The van der Waals surface area contributed by atoms with Crippen LogP contribution in [0.3, 0.4) is 0 Å². The number of aliphatic hydroxyl groups is 1. The van der Waals surface area contributed by atoms with Crippen LogP contribution in [0.4, 0.5) is 0 Å². The molecule has 0 saturated carbocycles. The van der Waals surface area contributed by atoms with Crippen LogP contribution < -0.4 is 4.74 Å². The van der Waals surface area contributed by atoms with Gasteiger partial charge in [0, 0.05) is 5.41 Å². The monoisotopic (exact) mass is 270 g/mol. The van der Waals surface area contributed by atoms with Crippen molar-refractivity contribution >= 4 is 11.6 Å². The van der Waals surface area contributed by atoms with Gasteiger partial charge < -0.3 is 14.6 Å². The van der Waals surface area contributed by atoms with E-state index >= 15 is 0 Å². The third-order valence-electron chi connectivity index (χ3n) is 3.00. The van der Waals surface area contributed by atoms with Crippen molar-refractivity contribution in [3.05, 3.63) is 28.8 Å². The fourth-order valence-electron chi connectivity index (χ4n) is 1.92. The molecule has 0 radical (unpaired) electrons. The lowest BCUT2D eigenvalue weighted by Gasteiger charge is -2.37. The average Bonchev–Trinajstić information content (AvgIpc) is 2.24. The molecule has 1 fully saturated rings. The third-order valence-corrected chi connectivity index (χ3v) is 3.30. The minimum atomic E-state index is -0.362. The summed E-state index contributed by atoms with van der Waals surface area (Å²) in [6, 6.07) is 5.65. The zero-order valence-electron chi connectivity index (χ0n) is 10.8. The van der Waals surface area contributed by atoms with E-state index in [9.17, 15) is 5.11 Å². The highest BCUT2D eigenvalue weighted by Gasteiger charge is 2.34. The first-order valence-electron chi connectivity index (χ1n) is 6.16. The van der Waals surface area contributed by atoms with Gasteiger partial charge in [-0.3, -0.25) is 0 Å². The SMILES string of the molecule is CC(O)Cc1ccc(OCC2(C)COC2)c(Cl)c1. The van der Waals surface area contributed by atoms with Crippen LogP contribution in [0.2, 0.25) is 5.02 Å². The predicted octanol–water partition coefficient (Wildman–Crippen LogP) is 2.68. The number of hydrogen-bond acceptors (Lipinski definition) is 3. The Bertz CT molecular complexity index is 414. The maximum atomic E-state index is 9.33. The molecule has 1 aliphatic heterocycles. The van der Waals surface area contributed by atoms with Crippen molar-refractivity contribution in [1.82, 2.24) is 0 Å². The molecule has 1 aromatic carbocycles. The summed E-state index contributed by atoms with van der Waals surface area (Å²) in [7, 11) is 0. The molecule has 100 valence electrons. The standard InChI is InChI=1S/C14H19ClO3/c1-10(16)5-11-3-4-13(12(15)6-11)18-9-14(2)7-17-8-14/h3-4,6,10,16H,5,7-9H2,1-2H3. The average molecular weight is 271 g/mol. The molecule has 0 bridgehead atoms. The van der Waals surface area contributed by atoms with E-state index in [0.717, 1.165) is 18.8 Å². The third kappa shape index (κ3) is 3.37. The number of rotatable bonds is 5. The molecule has 1 heterocycles. The van der Waals surface area contributed by atoms with Crippen molar-refractivity contribution in [2.75, 3.05) is 19.8 Å². The molecule has 4 heteroatoms. The summed E-state index contributed by atoms with van der Waals surface area (Å²) in [5.74, 6) is 0.694. The largest absolute Gasteiger partial charge is 0.491 e. The van der Waals surface area contributed by atoms with Crippen LogP contribution in [-0.2, 0) is 11.2 Å². The lowest BCUT2D eigenvalue weighted by Crippen LogP contribution is -2.44. The van der Waals surface area contributed by atoms with Crippen molar-refractivity contribution in [2.45, 2.75) is 26.4 Å². The molecule has 1 unspecified atom stereocenters. The van der Waals surface area contributed by atoms with E-state index in [-0.39, 0.29) is 11.5 Å². The number of halogens is 1. The second-order valence-corrected chi connectivity index (χ2v) is 5.82. The van der Waals surface area contributed by atoms with Crippen LogP contribution in [0.25, 0.3) is 0 Å². The van der Waals surface area contributed by atoms with Crippen LogP contribution in [0, 0.1) is 5.41 Å². The van der Waals surface area contributed by atoms with Crippen molar-refractivity contribution in [1.29, 1.82) is 0 Å². The van der Waals surface area contributed by atoms with Crippen LogP contribution in [0.15, 0.2) is 18.2 Å². The van der Waals surface area contributed by atoms with Gasteiger partial charge in [0.2, 0.25) is 0 Å². The van der Waals surface area contributed by atoms with Gasteiger partial charge in [-0.1, -0.05) is 24.6 Å². The van der Waals surface area contributed by atoms with E-state index in [2.05, 4.69) is 6.92 Å². The van der Waals surface area contributed by atoms with E-state index in [1.807, 2.05) is 18.2 Å². The number of hydrogen-bond donors (Lipinski definition) is 1. The maximum Gasteiger partial charge on any atom is 0.137 e. The van der Waals surface area contributed by atoms with Crippen LogP contribution >= 0.6 is 11.6 Å². The summed E-state index contributed by atoms with van der Waals surface area (Å²) >= 11 is 6.17. The van der Waals surface area contributed by atoms with E-state index < -0.39 is 0 Å². The number of benzene rings is 1. The second-order valence-electron chi connectivity index (χ2n) is 5.41. The Labute approximate surface area is 113 Å². The van der Waals surface area contributed by atoms with Crippen molar-refractivity contribution < 1.29 is 14.6 Å². The fraction of sp³-hybridized carbons (Fsp3) is 0.571. The summed E-state index contributed by atoms with van der Waals surface area (Å²) in [6.45, 7) is 5.99. The van der Waals surface area contributed by atoms with Gasteiger partial charge in [-0.2, -0.15) is 0 Å². The first-order valence-corrected chi connectivity index (χ1v) is 6.53. The highest BCUT2D eigenvalue weighted by atomic mass is 35.5. The first-order chi connectivity index (χ1) is 8.48. The van der Waals surface area contributed by atoms with Crippen LogP contribution in [-0.4, -0.2) is 31.0 Å². The van der Waals surface area contributed by atoms with Crippen molar-refractivity contribution in [2.24, 2.45) is 5.41 Å². The van der Waals surface area contributed by atoms with Gasteiger partial charge in [0.1, 0.15) is 5.75 Å². The molecule has 1 aliphatic rings. The smallest absolute Gasteiger partial charge is 0.137 e. The minimum absolute atomic E-state index is 0.113. The van der Waals surface area contributed by atoms with Gasteiger partial charge in [-0.15, -0.1) is 0 Å². The van der Waals surface area contributed by atoms with E-state index in [1.165, 1.54) is 0 Å². The van der Waals surface area contributed by atoms with Gasteiger partial charge in [0.25, 0.3) is 0 Å². The van der Waals surface area contributed by atoms with E-state index in [4.69, 9.17) is 21.1 Å². The molecule has 0 spiro atoms. The zero-order chi connectivity index (χ0) is 13.2. The van der Waals surface area contributed by atoms with Crippen LogP contribution in [0.5, 0.6) is 5.75 Å². The molecule has 0 aromatic heterocycles. The quantitative estimate of drug-likeness (QED) is 0.894. The van der Waals surface area contributed by atoms with Crippen molar-refractivity contribution in [3.8, 4) is 5.75 Å². The topological polar surface area (TPSA) is 38.7 Å². The molecule has 2 rings (SSSR count). The second kappa shape index (κ2) is 5.47. The minimum Gasteiger partial charge on any atom is -0.491 e. The Balaban J connectivity index is 1.96. The molecule has 0 amide bonds. The van der Waals surface area contributed by atoms with Gasteiger partial charge in [0.15, 0.2) is 0 Å². The Kier molecular flexibility index (Phi) is 4.15. The molecule has 1 N–H and O–H groups in total. The highest BCUT2D eigenvalue weighted by molar-refractivity contribution is 6.32. The molecule has 1 atom stereocenters.